The first kappa shape index (κ1) is 23.0. The number of anilines is 2. The van der Waals surface area contributed by atoms with Gasteiger partial charge in [-0.15, -0.1) is 0 Å². The van der Waals surface area contributed by atoms with Crippen LogP contribution in [0.15, 0.2) is 79.1 Å². The number of piperidine rings is 1. The van der Waals surface area contributed by atoms with E-state index in [1.54, 1.807) is 0 Å². The molecule has 0 radical (unpaired) electrons. The van der Waals surface area contributed by atoms with Crippen LogP contribution >= 0.6 is 0 Å². The molecule has 2 aromatic carbocycles. The van der Waals surface area contributed by atoms with Gasteiger partial charge in [-0.05, 0) is 79.6 Å². The van der Waals surface area contributed by atoms with E-state index in [-0.39, 0.29) is 5.91 Å². The van der Waals surface area contributed by atoms with Gasteiger partial charge in [-0.3, -0.25) is 9.78 Å². The monoisotopic (exact) mass is 442 g/mol. The molecule has 33 heavy (non-hydrogen) atoms. The number of pyridine rings is 1. The van der Waals surface area contributed by atoms with Crippen molar-refractivity contribution in [2.75, 3.05) is 23.3 Å². The predicted octanol–water partition coefficient (Wildman–Crippen LogP) is 5.19. The summed E-state index contributed by atoms with van der Waals surface area (Å²) in [6.07, 6.45) is 9.48. The van der Waals surface area contributed by atoms with Crippen LogP contribution in [-0.4, -0.2) is 30.0 Å². The molecule has 4 rings (SSSR count). The number of hydrogen-bond donors (Lipinski definition) is 2. The number of unbranched alkanes of at least 4 members (excludes halogenated alkanes) is 1. The van der Waals surface area contributed by atoms with E-state index in [0.717, 1.165) is 57.4 Å². The molecule has 0 spiro atoms. The molecule has 0 atom stereocenters. The Balaban J connectivity index is 1.14. The average Bonchev–Trinajstić information content (AvgIpc) is 2.87. The summed E-state index contributed by atoms with van der Waals surface area (Å²) in [5, 5.41) is 6.71. The largest absolute Gasteiger partial charge is 0.371 e. The van der Waals surface area contributed by atoms with Crippen molar-refractivity contribution >= 4 is 17.3 Å². The lowest BCUT2D eigenvalue weighted by molar-refractivity contribution is -0.116. The highest BCUT2D eigenvalue weighted by molar-refractivity contribution is 5.90. The first-order chi connectivity index (χ1) is 16.3. The molecule has 2 N–H and O–H groups in total. The Bertz CT molecular complexity index is 968. The minimum Gasteiger partial charge on any atom is -0.371 e. The number of rotatable bonds is 10. The number of nitrogens with zero attached hydrogens (tertiary/aromatic N) is 2. The fraction of sp³-hybridized carbons (Fsp3) is 0.357. The Kier molecular flexibility index (Phi) is 8.48. The summed E-state index contributed by atoms with van der Waals surface area (Å²) < 4.78 is 0. The zero-order valence-corrected chi connectivity index (χ0v) is 19.2. The molecular formula is C28H34N4O. The van der Waals surface area contributed by atoms with Gasteiger partial charge in [0.25, 0.3) is 0 Å². The fourth-order valence-electron chi connectivity index (χ4n) is 4.34. The molecule has 0 unspecified atom stereocenters. The number of carbonyl (C=O) groups excluding carboxylic acids is 1. The van der Waals surface area contributed by atoms with E-state index in [2.05, 4.69) is 69.0 Å². The van der Waals surface area contributed by atoms with E-state index >= 15 is 0 Å². The minimum absolute atomic E-state index is 0.0943. The van der Waals surface area contributed by atoms with Crippen molar-refractivity contribution in [2.45, 2.75) is 51.1 Å². The SMILES string of the molecule is O=C(CCCCc1ccccc1)Nc1ccc(N2CCC(NCc3ccncc3)CC2)cc1. The van der Waals surface area contributed by atoms with E-state index in [1.165, 1.54) is 16.8 Å². The van der Waals surface area contributed by atoms with Crippen molar-refractivity contribution in [3.05, 3.63) is 90.3 Å². The summed E-state index contributed by atoms with van der Waals surface area (Å²) in [6.45, 7) is 2.98. The van der Waals surface area contributed by atoms with Gasteiger partial charge in [0.2, 0.25) is 5.91 Å². The smallest absolute Gasteiger partial charge is 0.224 e. The molecule has 0 saturated carbocycles. The van der Waals surface area contributed by atoms with Crippen LogP contribution in [0, 0.1) is 0 Å². The topological polar surface area (TPSA) is 57.3 Å². The first-order valence-electron chi connectivity index (χ1n) is 12.1. The lowest BCUT2D eigenvalue weighted by Crippen LogP contribution is -2.42. The van der Waals surface area contributed by atoms with E-state index in [0.29, 0.717) is 12.5 Å². The van der Waals surface area contributed by atoms with Gasteiger partial charge in [-0.25, -0.2) is 0 Å². The number of aromatic nitrogens is 1. The zero-order valence-electron chi connectivity index (χ0n) is 19.2. The second kappa shape index (κ2) is 12.2. The standard InChI is InChI=1S/C28H34N4O/c33-28(9-5-4-8-23-6-2-1-3-7-23)31-26-10-12-27(13-11-26)32-20-16-25(17-21-32)30-22-24-14-18-29-19-15-24/h1-3,6-7,10-15,18-19,25,30H,4-5,8-9,16-17,20-22H2,(H,31,33). The summed E-state index contributed by atoms with van der Waals surface area (Å²) in [7, 11) is 0. The Morgan fingerprint density at radius 3 is 2.33 bits per heavy atom. The fourth-order valence-corrected chi connectivity index (χ4v) is 4.34. The second-order valence-electron chi connectivity index (χ2n) is 8.79. The van der Waals surface area contributed by atoms with Crippen LogP contribution in [0.1, 0.15) is 43.2 Å². The highest BCUT2D eigenvalue weighted by Crippen LogP contribution is 2.22. The number of hydrogen-bond acceptors (Lipinski definition) is 4. The normalized spacial score (nSPS) is 14.2. The Morgan fingerprint density at radius 2 is 1.61 bits per heavy atom. The number of benzene rings is 2. The number of nitrogens with one attached hydrogen (secondary N) is 2. The number of amides is 1. The second-order valence-corrected chi connectivity index (χ2v) is 8.79. The molecular weight excluding hydrogens is 408 g/mol. The van der Waals surface area contributed by atoms with Crippen LogP contribution < -0.4 is 15.5 Å². The molecule has 0 bridgehead atoms. The molecule has 3 aromatic rings. The van der Waals surface area contributed by atoms with Crippen molar-refractivity contribution in [3.8, 4) is 0 Å². The Labute approximate surface area is 197 Å². The lowest BCUT2D eigenvalue weighted by Gasteiger charge is -2.34. The van der Waals surface area contributed by atoms with E-state index in [9.17, 15) is 4.79 Å². The number of aryl methyl sites for hydroxylation is 1. The Hall–Kier alpha value is -3.18. The maximum absolute atomic E-state index is 12.3. The minimum atomic E-state index is 0.0943. The highest BCUT2D eigenvalue weighted by Gasteiger charge is 2.19. The van der Waals surface area contributed by atoms with E-state index in [4.69, 9.17) is 0 Å². The van der Waals surface area contributed by atoms with Gasteiger partial charge in [0, 0.05) is 55.9 Å². The molecule has 1 aliphatic heterocycles. The molecule has 1 amide bonds. The van der Waals surface area contributed by atoms with Gasteiger partial charge >= 0.3 is 0 Å². The van der Waals surface area contributed by atoms with Crippen LogP contribution in [0.3, 0.4) is 0 Å². The quantitative estimate of drug-likeness (QED) is 0.424. The Morgan fingerprint density at radius 1 is 0.879 bits per heavy atom. The number of carbonyl (C=O) groups is 1. The van der Waals surface area contributed by atoms with Crippen LogP contribution in [0.25, 0.3) is 0 Å². The predicted molar refractivity (Wildman–Crippen MR) is 135 cm³/mol. The third kappa shape index (κ3) is 7.43. The third-order valence-electron chi connectivity index (χ3n) is 6.32. The van der Waals surface area contributed by atoms with Gasteiger partial charge in [-0.1, -0.05) is 30.3 Å². The molecule has 5 nitrogen and oxygen atoms in total. The van der Waals surface area contributed by atoms with Crippen LogP contribution in [0.4, 0.5) is 11.4 Å². The summed E-state index contributed by atoms with van der Waals surface area (Å²) >= 11 is 0. The van der Waals surface area contributed by atoms with Gasteiger partial charge < -0.3 is 15.5 Å². The molecule has 2 heterocycles. The highest BCUT2D eigenvalue weighted by atomic mass is 16.1. The van der Waals surface area contributed by atoms with Crippen molar-refractivity contribution in [2.24, 2.45) is 0 Å². The maximum Gasteiger partial charge on any atom is 0.224 e. The summed E-state index contributed by atoms with van der Waals surface area (Å²) in [5.74, 6) is 0.0943. The average molecular weight is 443 g/mol. The van der Waals surface area contributed by atoms with E-state index < -0.39 is 0 Å². The van der Waals surface area contributed by atoms with E-state index in [1.807, 2.05) is 30.6 Å². The van der Waals surface area contributed by atoms with Gasteiger partial charge in [0.15, 0.2) is 0 Å². The maximum atomic E-state index is 12.3. The molecule has 172 valence electrons. The molecule has 1 fully saturated rings. The van der Waals surface area contributed by atoms with Crippen LogP contribution in [0.5, 0.6) is 0 Å². The van der Waals surface area contributed by atoms with Gasteiger partial charge in [0.1, 0.15) is 0 Å². The summed E-state index contributed by atoms with van der Waals surface area (Å²) in [6, 6.07) is 23.4. The van der Waals surface area contributed by atoms with Crippen molar-refractivity contribution in [1.82, 2.24) is 10.3 Å². The molecule has 1 aliphatic rings. The van der Waals surface area contributed by atoms with Crippen molar-refractivity contribution < 1.29 is 4.79 Å². The molecule has 1 saturated heterocycles. The third-order valence-corrected chi connectivity index (χ3v) is 6.32. The van der Waals surface area contributed by atoms with Gasteiger partial charge in [-0.2, -0.15) is 0 Å². The first-order valence-corrected chi connectivity index (χ1v) is 12.1. The molecule has 0 aliphatic carbocycles. The van der Waals surface area contributed by atoms with Crippen LogP contribution in [-0.2, 0) is 17.8 Å². The van der Waals surface area contributed by atoms with Crippen molar-refractivity contribution in [3.63, 3.8) is 0 Å². The molecule has 5 heteroatoms. The zero-order chi connectivity index (χ0) is 22.7. The van der Waals surface area contributed by atoms with Crippen LogP contribution in [0.2, 0.25) is 0 Å². The summed E-state index contributed by atoms with van der Waals surface area (Å²) in [4.78, 5) is 18.8. The molecule has 1 aromatic heterocycles. The van der Waals surface area contributed by atoms with Crippen molar-refractivity contribution in [1.29, 1.82) is 0 Å². The van der Waals surface area contributed by atoms with Gasteiger partial charge in [0.05, 0.1) is 0 Å². The summed E-state index contributed by atoms with van der Waals surface area (Å²) in [5.41, 5.74) is 4.72. The lowest BCUT2D eigenvalue weighted by atomic mass is 10.0.